The van der Waals surface area contributed by atoms with Gasteiger partial charge in [-0.2, -0.15) is 0 Å². The lowest BCUT2D eigenvalue weighted by Gasteiger charge is -1.78. The second kappa shape index (κ2) is 4.97. The van der Waals surface area contributed by atoms with E-state index in [1.807, 2.05) is 0 Å². The highest BCUT2D eigenvalue weighted by Gasteiger charge is 2.34. The van der Waals surface area contributed by atoms with Crippen molar-refractivity contribution in [1.29, 1.82) is 0 Å². The van der Waals surface area contributed by atoms with Crippen LogP contribution in [0.3, 0.4) is 0 Å². The second-order valence-corrected chi connectivity index (χ2v) is 2.31. The van der Waals surface area contributed by atoms with Gasteiger partial charge in [0, 0.05) is 5.92 Å². The number of aldehydes is 1. The smallest absolute Gasteiger partial charge is 0.290 e. The summed E-state index contributed by atoms with van der Waals surface area (Å²) in [6, 6.07) is 0. The zero-order valence-corrected chi connectivity index (χ0v) is 5.99. The lowest BCUT2D eigenvalue weighted by molar-refractivity contribution is -0.122. The first-order valence-electron chi connectivity index (χ1n) is 3.33. The van der Waals surface area contributed by atoms with Gasteiger partial charge in [-0.1, -0.05) is 13.3 Å². The van der Waals surface area contributed by atoms with E-state index in [1.54, 1.807) is 0 Å². The molecule has 10 heavy (non-hydrogen) atoms. The fourth-order valence-corrected chi connectivity index (χ4v) is 0.907. The minimum atomic E-state index is -0.250. The molecule has 1 aliphatic rings. The molecule has 0 radical (unpaired) electrons. The first kappa shape index (κ1) is 9.14. The lowest BCUT2D eigenvalue weighted by atomic mass is 10.3. The maximum Gasteiger partial charge on any atom is 0.290 e. The monoisotopic (exact) mass is 144 g/mol. The molecule has 1 rings (SSSR count). The van der Waals surface area contributed by atoms with Crippen molar-refractivity contribution in [3.05, 3.63) is 0 Å². The van der Waals surface area contributed by atoms with E-state index in [0.717, 1.165) is 18.6 Å². The molecule has 0 aromatic rings. The Morgan fingerprint density at radius 3 is 2.20 bits per heavy atom. The fourth-order valence-electron chi connectivity index (χ4n) is 0.907. The Hall–Kier alpha value is -0.860. The number of hydrogen-bond acceptors (Lipinski definition) is 2. The predicted octanol–water partition coefficient (Wildman–Crippen LogP) is 0.932. The maximum absolute atomic E-state index is 9.94. The van der Waals surface area contributed by atoms with E-state index < -0.39 is 0 Å². The van der Waals surface area contributed by atoms with Gasteiger partial charge in [0.05, 0.1) is 0 Å². The summed E-state index contributed by atoms with van der Waals surface area (Å²) >= 11 is 0. The Kier molecular flexibility index (Phi) is 4.54. The molecule has 1 saturated carbocycles. The van der Waals surface area contributed by atoms with Crippen molar-refractivity contribution in [2.24, 2.45) is 11.8 Å². The van der Waals surface area contributed by atoms with Gasteiger partial charge in [0.25, 0.3) is 6.47 Å². The summed E-state index contributed by atoms with van der Waals surface area (Å²) in [7, 11) is 0. The van der Waals surface area contributed by atoms with Gasteiger partial charge in [-0.3, -0.25) is 4.79 Å². The van der Waals surface area contributed by atoms with Crippen LogP contribution in [0.2, 0.25) is 0 Å². The number of carbonyl (C=O) groups is 2. The summed E-state index contributed by atoms with van der Waals surface area (Å²) in [5.74, 6) is 1.18. The largest absolute Gasteiger partial charge is 0.483 e. The van der Waals surface area contributed by atoms with Gasteiger partial charge in [-0.15, -0.1) is 0 Å². The van der Waals surface area contributed by atoms with E-state index in [2.05, 4.69) is 6.92 Å². The van der Waals surface area contributed by atoms with Crippen LogP contribution in [0.1, 0.15) is 19.8 Å². The number of carboxylic acid groups (broad SMARTS) is 1. The van der Waals surface area contributed by atoms with E-state index in [1.165, 1.54) is 6.42 Å². The van der Waals surface area contributed by atoms with E-state index >= 15 is 0 Å². The Balaban J connectivity index is 0.000000236. The van der Waals surface area contributed by atoms with Crippen LogP contribution in [0, 0.1) is 11.8 Å². The Labute approximate surface area is 60.0 Å². The van der Waals surface area contributed by atoms with E-state index in [9.17, 15) is 4.79 Å². The molecule has 0 bridgehead atoms. The van der Waals surface area contributed by atoms with Crippen LogP contribution in [-0.4, -0.2) is 17.9 Å². The average Bonchev–Trinajstić information content (AvgIpc) is 2.67. The second-order valence-electron chi connectivity index (χ2n) is 2.31. The van der Waals surface area contributed by atoms with Crippen molar-refractivity contribution in [3.63, 3.8) is 0 Å². The van der Waals surface area contributed by atoms with Gasteiger partial charge in [0.1, 0.15) is 6.29 Å². The van der Waals surface area contributed by atoms with Crippen molar-refractivity contribution in [3.8, 4) is 0 Å². The highest BCUT2D eigenvalue weighted by Crippen LogP contribution is 2.38. The van der Waals surface area contributed by atoms with Crippen LogP contribution in [0.4, 0.5) is 0 Å². The number of carbonyl (C=O) groups excluding carboxylic acids is 1. The van der Waals surface area contributed by atoms with Crippen LogP contribution in [0.5, 0.6) is 0 Å². The van der Waals surface area contributed by atoms with Crippen LogP contribution < -0.4 is 0 Å². The van der Waals surface area contributed by atoms with Crippen LogP contribution in [-0.2, 0) is 9.59 Å². The summed E-state index contributed by atoms with van der Waals surface area (Å²) in [5, 5.41) is 6.89. The fraction of sp³-hybridized carbons (Fsp3) is 0.714. The SMILES string of the molecule is CCC1CC1C=O.O=CO. The predicted molar refractivity (Wildman–Crippen MR) is 36.6 cm³/mol. The third-order valence-corrected chi connectivity index (χ3v) is 1.68. The van der Waals surface area contributed by atoms with Gasteiger partial charge in [-0.25, -0.2) is 0 Å². The van der Waals surface area contributed by atoms with Crippen molar-refractivity contribution in [2.45, 2.75) is 19.8 Å². The van der Waals surface area contributed by atoms with E-state index in [-0.39, 0.29) is 6.47 Å². The highest BCUT2D eigenvalue weighted by molar-refractivity contribution is 5.57. The Bertz CT molecular complexity index is 111. The molecule has 0 aromatic carbocycles. The molecule has 0 aromatic heterocycles. The zero-order valence-electron chi connectivity index (χ0n) is 5.99. The molecule has 2 unspecified atom stereocenters. The van der Waals surface area contributed by atoms with Gasteiger partial charge in [0.2, 0.25) is 0 Å². The summed E-state index contributed by atoms with van der Waals surface area (Å²) < 4.78 is 0. The molecule has 1 fully saturated rings. The minimum absolute atomic E-state index is 0.250. The molecule has 0 aliphatic heterocycles. The third-order valence-electron chi connectivity index (χ3n) is 1.68. The summed E-state index contributed by atoms with van der Waals surface area (Å²) in [6.07, 6.45) is 3.41. The van der Waals surface area contributed by atoms with Crippen LogP contribution in [0.15, 0.2) is 0 Å². The molecule has 0 amide bonds. The van der Waals surface area contributed by atoms with E-state index in [4.69, 9.17) is 9.90 Å². The van der Waals surface area contributed by atoms with Gasteiger partial charge >= 0.3 is 0 Å². The molecule has 0 saturated heterocycles. The number of rotatable bonds is 2. The molecule has 0 spiro atoms. The average molecular weight is 144 g/mol. The molecule has 3 heteroatoms. The first-order chi connectivity index (χ1) is 4.79. The highest BCUT2D eigenvalue weighted by atomic mass is 16.3. The maximum atomic E-state index is 9.94. The molecule has 1 N–H and O–H groups in total. The summed E-state index contributed by atoms with van der Waals surface area (Å²) in [5.41, 5.74) is 0. The normalized spacial score (nSPS) is 27.7. The molecular weight excluding hydrogens is 132 g/mol. The zero-order chi connectivity index (χ0) is 7.98. The minimum Gasteiger partial charge on any atom is -0.483 e. The molecule has 3 nitrogen and oxygen atoms in total. The topological polar surface area (TPSA) is 54.4 Å². The number of hydrogen-bond donors (Lipinski definition) is 1. The summed E-state index contributed by atoms with van der Waals surface area (Å²) in [4.78, 5) is 18.3. The standard InChI is InChI=1S/C6H10O.CH2O2/c1-2-5-3-6(5)4-7;2-1-3/h4-6H,2-3H2,1H3;1H,(H,2,3). The molecule has 2 atom stereocenters. The van der Waals surface area contributed by atoms with Crippen molar-refractivity contribution < 1.29 is 14.7 Å². The van der Waals surface area contributed by atoms with Gasteiger partial charge < -0.3 is 9.90 Å². The first-order valence-corrected chi connectivity index (χ1v) is 3.33. The third kappa shape index (κ3) is 3.22. The summed E-state index contributed by atoms with van der Waals surface area (Å²) in [6.45, 7) is 1.88. The lowest BCUT2D eigenvalue weighted by Crippen LogP contribution is -1.78. The molecule has 0 heterocycles. The van der Waals surface area contributed by atoms with E-state index in [0.29, 0.717) is 5.92 Å². The quantitative estimate of drug-likeness (QED) is 0.586. The van der Waals surface area contributed by atoms with Crippen LogP contribution >= 0.6 is 0 Å². The molecule has 58 valence electrons. The van der Waals surface area contributed by atoms with Crippen LogP contribution in [0.25, 0.3) is 0 Å². The molecular formula is C7H12O3. The van der Waals surface area contributed by atoms with Crippen molar-refractivity contribution in [2.75, 3.05) is 0 Å². The Morgan fingerprint density at radius 1 is 1.60 bits per heavy atom. The van der Waals surface area contributed by atoms with Crippen molar-refractivity contribution >= 4 is 12.8 Å². The Morgan fingerprint density at radius 2 is 2.10 bits per heavy atom. The van der Waals surface area contributed by atoms with Crippen molar-refractivity contribution in [1.82, 2.24) is 0 Å². The van der Waals surface area contributed by atoms with Gasteiger partial charge in [-0.05, 0) is 12.3 Å². The molecule has 1 aliphatic carbocycles. The van der Waals surface area contributed by atoms with Gasteiger partial charge in [0.15, 0.2) is 0 Å².